The number of benzene rings is 1. The molecular formula is C19H18N6O8S2. The number of nitrogens with zero attached hydrogens (tertiary/aromatic N) is 4. The van der Waals surface area contributed by atoms with Gasteiger partial charge in [-0.3, -0.25) is 19.3 Å². The lowest BCUT2D eigenvalue weighted by Gasteiger charge is -2.50. The van der Waals surface area contributed by atoms with E-state index >= 15 is 0 Å². The minimum atomic E-state index is -1.61. The molecule has 1 saturated heterocycles. The summed E-state index contributed by atoms with van der Waals surface area (Å²) in [5, 5.41) is 52.9. The molecule has 4 atom stereocenters. The number of tetrazole rings is 1. The Kier molecular flexibility index (Phi) is 6.95. The molecule has 0 radical (unpaired) electrons. The van der Waals surface area contributed by atoms with Gasteiger partial charge >= 0.3 is 11.9 Å². The van der Waals surface area contributed by atoms with Crippen LogP contribution >= 0.6 is 23.5 Å². The van der Waals surface area contributed by atoms with E-state index < -0.39 is 52.9 Å². The number of hydrogen-bond acceptors (Lipinski definition) is 11. The van der Waals surface area contributed by atoms with Crippen molar-refractivity contribution in [1.82, 2.24) is 30.8 Å². The van der Waals surface area contributed by atoms with Crippen LogP contribution in [0, 0.1) is 0 Å². The highest BCUT2D eigenvalue weighted by atomic mass is 32.2. The average Bonchev–Trinajstić information content (AvgIpc) is 3.33. The van der Waals surface area contributed by atoms with Gasteiger partial charge in [0.25, 0.3) is 11.8 Å². The first-order valence-corrected chi connectivity index (χ1v) is 11.9. The molecular weight excluding hydrogens is 504 g/mol. The number of carboxylic acids is 2. The summed E-state index contributed by atoms with van der Waals surface area (Å²) >= 11 is 2.06. The third kappa shape index (κ3) is 4.94. The van der Waals surface area contributed by atoms with Crippen LogP contribution < -0.4 is 5.32 Å². The number of aromatic amines is 1. The number of phenolic OH excluding ortho intramolecular Hbond substituents is 1. The molecule has 1 aromatic carbocycles. The lowest BCUT2D eigenvalue weighted by Crippen LogP contribution is -2.71. The Labute approximate surface area is 204 Å². The summed E-state index contributed by atoms with van der Waals surface area (Å²) in [6, 6.07) is 4.21. The highest BCUT2D eigenvalue weighted by Crippen LogP contribution is 2.44. The van der Waals surface area contributed by atoms with E-state index in [2.05, 4.69) is 25.9 Å². The first-order valence-electron chi connectivity index (χ1n) is 9.97. The van der Waals surface area contributed by atoms with E-state index in [1.165, 1.54) is 24.3 Å². The summed E-state index contributed by atoms with van der Waals surface area (Å²) in [5.74, 6) is -4.15. The minimum absolute atomic E-state index is 0.0488. The van der Waals surface area contributed by atoms with E-state index in [0.29, 0.717) is 0 Å². The fourth-order valence-corrected chi connectivity index (χ4v) is 6.18. The topological polar surface area (TPSA) is 219 Å². The van der Waals surface area contributed by atoms with Gasteiger partial charge in [0.2, 0.25) is 5.16 Å². The van der Waals surface area contributed by atoms with Gasteiger partial charge in [0.15, 0.2) is 6.10 Å². The zero-order valence-electron chi connectivity index (χ0n) is 17.6. The number of carbonyl (C=O) groups excluding carboxylic acids is 2. The van der Waals surface area contributed by atoms with Crippen LogP contribution in [0.25, 0.3) is 0 Å². The van der Waals surface area contributed by atoms with Crippen LogP contribution in [-0.2, 0) is 19.2 Å². The summed E-state index contributed by atoms with van der Waals surface area (Å²) in [5.41, 5.74) is 0.0485. The molecule has 35 heavy (non-hydrogen) atoms. The number of aliphatic carboxylic acids is 2. The second-order valence-corrected chi connectivity index (χ2v) is 9.74. The molecule has 3 unspecified atom stereocenters. The highest BCUT2D eigenvalue weighted by Gasteiger charge is 2.55. The molecule has 2 aromatic rings. The van der Waals surface area contributed by atoms with E-state index in [4.69, 9.17) is 0 Å². The van der Waals surface area contributed by atoms with Gasteiger partial charge in [0.05, 0.1) is 6.42 Å². The highest BCUT2D eigenvalue weighted by molar-refractivity contribution is 8.01. The molecule has 3 heterocycles. The molecule has 2 aliphatic heterocycles. The summed E-state index contributed by atoms with van der Waals surface area (Å²) in [4.78, 5) is 50.0. The molecule has 0 aliphatic carbocycles. The SMILES string of the molecule is O=C(O)CC(Sc1nn[nH]n1)C1=C(C(=O)O)N2C(=O)C(NC(=O)C(O)c3ccc(O)cc3)[C@@H]2SC1. The number of thioether (sulfide) groups is 2. The van der Waals surface area contributed by atoms with Crippen molar-refractivity contribution in [3.63, 3.8) is 0 Å². The number of rotatable bonds is 9. The van der Waals surface area contributed by atoms with Crippen molar-refractivity contribution in [1.29, 1.82) is 0 Å². The van der Waals surface area contributed by atoms with Crippen molar-refractivity contribution in [3.8, 4) is 5.75 Å². The normalized spacial score (nSPS) is 21.1. The maximum atomic E-state index is 12.9. The van der Waals surface area contributed by atoms with Gasteiger partial charge in [0, 0.05) is 11.0 Å². The van der Waals surface area contributed by atoms with Gasteiger partial charge in [-0.2, -0.15) is 5.21 Å². The van der Waals surface area contributed by atoms with Crippen molar-refractivity contribution in [3.05, 3.63) is 41.1 Å². The predicted octanol–water partition coefficient (Wildman–Crippen LogP) is -0.687. The number of phenols is 1. The van der Waals surface area contributed by atoms with Crippen LogP contribution in [0.5, 0.6) is 5.75 Å². The van der Waals surface area contributed by atoms with Crippen LogP contribution in [0.2, 0.25) is 0 Å². The summed E-state index contributed by atoms with van der Waals surface area (Å²) in [7, 11) is 0. The summed E-state index contributed by atoms with van der Waals surface area (Å²) < 4.78 is 0. The van der Waals surface area contributed by atoms with E-state index in [-0.39, 0.29) is 33.5 Å². The van der Waals surface area contributed by atoms with Crippen LogP contribution in [0.15, 0.2) is 40.7 Å². The molecule has 2 aliphatic rings. The molecule has 0 bridgehead atoms. The van der Waals surface area contributed by atoms with E-state index in [9.17, 15) is 39.6 Å². The number of aromatic hydroxyl groups is 1. The average molecular weight is 523 g/mol. The Bertz CT molecular complexity index is 1190. The predicted molar refractivity (Wildman–Crippen MR) is 119 cm³/mol. The number of aliphatic hydroxyl groups is 1. The number of β-lactam (4-membered cyclic amide) rings is 1. The van der Waals surface area contributed by atoms with Gasteiger partial charge in [-0.15, -0.1) is 22.0 Å². The van der Waals surface area contributed by atoms with Crippen LogP contribution in [0.3, 0.4) is 0 Å². The number of H-pyrrole nitrogens is 1. The van der Waals surface area contributed by atoms with Gasteiger partial charge in [-0.1, -0.05) is 23.9 Å². The van der Waals surface area contributed by atoms with Gasteiger partial charge in [-0.05, 0) is 28.5 Å². The number of aliphatic hydroxyl groups excluding tert-OH is 1. The number of amides is 2. The number of hydrogen-bond donors (Lipinski definition) is 6. The molecule has 14 nitrogen and oxygen atoms in total. The summed E-state index contributed by atoms with van der Waals surface area (Å²) in [6.07, 6.45) is -2.06. The van der Waals surface area contributed by atoms with Crippen LogP contribution in [0.1, 0.15) is 18.1 Å². The molecule has 1 fully saturated rings. The first kappa shape index (κ1) is 24.5. The zero-order chi connectivity index (χ0) is 25.3. The second kappa shape index (κ2) is 9.93. The third-order valence-corrected chi connectivity index (χ3v) is 7.70. The fraction of sp³-hybridized carbons (Fsp3) is 0.316. The van der Waals surface area contributed by atoms with Gasteiger partial charge in [-0.25, -0.2) is 4.79 Å². The molecule has 1 aromatic heterocycles. The maximum Gasteiger partial charge on any atom is 0.352 e. The van der Waals surface area contributed by atoms with Gasteiger partial charge in [0.1, 0.15) is 22.9 Å². The maximum absolute atomic E-state index is 12.9. The van der Waals surface area contributed by atoms with E-state index in [1.54, 1.807) is 0 Å². The fourth-order valence-electron chi connectivity index (χ4n) is 3.65. The number of carbonyl (C=O) groups is 4. The molecule has 0 spiro atoms. The monoisotopic (exact) mass is 522 g/mol. The smallest absolute Gasteiger partial charge is 0.352 e. The Morgan fingerprint density at radius 2 is 1.97 bits per heavy atom. The number of carboxylic acid groups (broad SMARTS) is 2. The third-order valence-electron chi connectivity index (χ3n) is 5.28. The molecule has 0 saturated carbocycles. The van der Waals surface area contributed by atoms with Crippen molar-refractivity contribution in [2.45, 2.75) is 34.3 Å². The lowest BCUT2D eigenvalue weighted by atomic mass is 9.99. The number of aromatic nitrogens is 4. The van der Waals surface area contributed by atoms with Gasteiger partial charge < -0.3 is 25.7 Å². The molecule has 4 rings (SSSR count). The largest absolute Gasteiger partial charge is 0.508 e. The van der Waals surface area contributed by atoms with E-state index in [0.717, 1.165) is 28.4 Å². The molecule has 16 heteroatoms. The number of nitrogens with one attached hydrogen (secondary N) is 2. The van der Waals surface area contributed by atoms with Crippen molar-refractivity contribution < 1.29 is 39.6 Å². The first-order chi connectivity index (χ1) is 16.7. The van der Waals surface area contributed by atoms with Crippen molar-refractivity contribution in [2.24, 2.45) is 0 Å². The Hall–Kier alpha value is -3.63. The number of fused-ring (bicyclic) bond motifs is 1. The Morgan fingerprint density at radius 3 is 2.57 bits per heavy atom. The standard InChI is InChI=1S/C19H18N6O8S2/c26-8-3-1-7(2-4-8)14(29)15(30)20-12-16(31)25-13(18(32)33)9(6-34-17(12)25)10(5-11(27)28)35-19-21-23-24-22-19/h1-4,10,12,14,17,26,29H,5-6H2,(H,20,30)(H,27,28)(H,32,33)(H,21,22,23,24)/t10?,12?,14?,17-/m0/s1. The molecule has 184 valence electrons. The Morgan fingerprint density at radius 1 is 1.26 bits per heavy atom. The van der Waals surface area contributed by atoms with Crippen LogP contribution in [0.4, 0.5) is 0 Å². The van der Waals surface area contributed by atoms with E-state index in [1.807, 2.05) is 0 Å². The Balaban J connectivity index is 1.54. The summed E-state index contributed by atoms with van der Waals surface area (Å²) in [6.45, 7) is 0. The minimum Gasteiger partial charge on any atom is -0.508 e. The zero-order valence-corrected chi connectivity index (χ0v) is 19.2. The second-order valence-electron chi connectivity index (χ2n) is 7.47. The van der Waals surface area contributed by atoms with Crippen molar-refractivity contribution >= 4 is 47.3 Å². The lowest BCUT2D eigenvalue weighted by molar-refractivity contribution is -0.151. The quantitative estimate of drug-likeness (QED) is 0.178. The molecule has 2 amide bonds. The van der Waals surface area contributed by atoms with Crippen molar-refractivity contribution in [2.75, 3.05) is 5.75 Å². The molecule has 6 N–H and O–H groups in total. The van der Waals surface area contributed by atoms with Crippen LogP contribution in [-0.4, -0.2) is 92.1 Å².